The molecule has 1 atom stereocenters. The fraction of sp³-hybridized carbons (Fsp3) is 0.440. The monoisotopic (exact) mass is 505 g/mol. The molecule has 0 bridgehead atoms. The first-order valence-corrected chi connectivity index (χ1v) is 13.2. The molecule has 35 heavy (non-hydrogen) atoms. The number of hydrogen-bond acceptors (Lipinski definition) is 6. The van der Waals surface area contributed by atoms with Gasteiger partial charge in [0.05, 0.1) is 26.2 Å². The van der Waals surface area contributed by atoms with Gasteiger partial charge < -0.3 is 19.7 Å². The Labute approximate surface area is 208 Å². The fourth-order valence-corrected chi connectivity index (χ4v) is 4.38. The number of nitrogens with one attached hydrogen (secondary N) is 1. The van der Waals surface area contributed by atoms with Gasteiger partial charge in [-0.3, -0.25) is 13.9 Å². The van der Waals surface area contributed by atoms with Crippen LogP contribution in [0.25, 0.3) is 0 Å². The Morgan fingerprint density at radius 1 is 1.09 bits per heavy atom. The zero-order valence-electron chi connectivity index (χ0n) is 21.2. The number of carbonyl (C=O) groups excluding carboxylic acids is 2. The van der Waals surface area contributed by atoms with Crippen LogP contribution in [0.15, 0.2) is 42.5 Å². The first kappa shape index (κ1) is 28.0. The van der Waals surface area contributed by atoms with Crippen LogP contribution in [0, 0.1) is 6.92 Å². The van der Waals surface area contributed by atoms with Crippen LogP contribution in [0.3, 0.4) is 0 Å². The van der Waals surface area contributed by atoms with Crippen molar-refractivity contribution in [1.82, 2.24) is 10.2 Å². The number of aryl methyl sites for hydroxylation is 1. The van der Waals surface area contributed by atoms with Crippen molar-refractivity contribution < 1.29 is 27.5 Å². The van der Waals surface area contributed by atoms with Crippen LogP contribution < -0.4 is 19.1 Å². The lowest BCUT2D eigenvalue weighted by Gasteiger charge is -2.32. The number of anilines is 1. The van der Waals surface area contributed by atoms with Gasteiger partial charge in [0.25, 0.3) is 0 Å². The molecule has 0 aliphatic heterocycles. The smallest absolute Gasteiger partial charge is 0.244 e. The Morgan fingerprint density at radius 3 is 2.34 bits per heavy atom. The molecule has 10 heteroatoms. The summed E-state index contributed by atoms with van der Waals surface area (Å²) in [5, 5.41) is 2.82. The maximum absolute atomic E-state index is 13.6. The third kappa shape index (κ3) is 7.35. The van der Waals surface area contributed by atoms with Gasteiger partial charge in [-0.05, 0) is 43.5 Å². The average molecular weight is 506 g/mol. The van der Waals surface area contributed by atoms with Gasteiger partial charge in [0.1, 0.15) is 24.1 Å². The standard InChI is InChI=1S/C25H35N3O6S/c1-7-14-26-25(30)19(3)27(16-20-11-9-8-10-18(20)2)24(29)17-28(35(6,31)32)22-15-21(33-4)12-13-23(22)34-5/h8-13,15,19H,7,14,16-17H2,1-6H3,(H,26,30)/t19-/m0/s1. The number of hydrogen-bond donors (Lipinski definition) is 1. The fourth-order valence-electron chi connectivity index (χ4n) is 3.54. The van der Waals surface area contributed by atoms with Crippen molar-refractivity contribution in [1.29, 1.82) is 0 Å². The summed E-state index contributed by atoms with van der Waals surface area (Å²) in [5.74, 6) is -0.157. The van der Waals surface area contributed by atoms with Gasteiger partial charge in [-0.2, -0.15) is 0 Å². The molecule has 2 rings (SSSR count). The molecule has 2 aromatic rings. The minimum absolute atomic E-state index is 0.152. The summed E-state index contributed by atoms with van der Waals surface area (Å²) < 4.78 is 37.2. The van der Waals surface area contributed by atoms with Crippen molar-refractivity contribution in [3.8, 4) is 11.5 Å². The number of rotatable bonds is 12. The lowest BCUT2D eigenvalue weighted by atomic mass is 10.1. The molecule has 0 unspecified atom stereocenters. The normalized spacial score (nSPS) is 11.9. The second-order valence-electron chi connectivity index (χ2n) is 8.22. The van der Waals surface area contributed by atoms with Crippen molar-refractivity contribution in [3.63, 3.8) is 0 Å². The third-order valence-corrected chi connectivity index (χ3v) is 6.78. The summed E-state index contributed by atoms with van der Waals surface area (Å²) in [4.78, 5) is 27.8. The SMILES string of the molecule is CCCNC(=O)[C@H](C)N(Cc1ccccc1C)C(=O)CN(c1cc(OC)ccc1OC)S(C)(=O)=O. The van der Waals surface area contributed by atoms with Gasteiger partial charge in [0, 0.05) is 19.2 Å². The van der Waals surface area contributed by atoms with Crippen molar-refractivity contribution in [3.05, 3.63) is 53.6 Å². The van der Waals surface area contributed by atoms with Crippen LogP contribution in [0.2, 0.25) is 0 Å². The molecule has 192 valence electrons. The van der Waals surface area contributed by atoms with Gasteiger partial charge in [-0.25, -0.2) is 8.42 Å². The molecule has 0 heterocycles. The molecular formula is C25H35N3O6S. The van der Waals surface area contributed by atoms with E-state index in [1.54, 1.807) is 19.1 Å². The quantitative estimate of drug-likeness (QED) is 0.476. The number of sulfonamides is 1. The molecule has 2 amide bonds. The summed E-state index contributed by atoms with van der Waals surface area (Å²) in [6.45, 7) is 5.61. The second kappa shape index (κ2) is 12.4. The second-order valence-corrected chi connectivity index (χ2v) is 10.1. The van der Waals surface area contributed by atoms with Gasteiger partial charge in [-0.15, -0.1) is 0 Å². The zero-order valence-corrected chi connectivity index (χ0v) is 22.0. The first-order valence-electron chi connectivity index (χ1n) is 11.3. The maximum atomic E-state index is 13.6. The van der Waals surface area contributed by atoms with Gasteiger partial charge in [0.2, 0.25) is 21.8 Å². The van der Waals surface area contributed by atoms with E-state index in [2.05, 4.69) is 5.32 Å². The van der Waals surface area contributed by atoms with Crippen LogP contribution in [-0.4, -0.2) is 64.7 Å². The third-order valence-electron chi connectivity index (χ3n) is 5.65. The van der Waals surface area contributed by atoms with E-state index in [1.165, 1.54) is 25.2 Å². The molecule has 0 fully saturated rings. The average Bonchev–Trinajstić information content (AvgIpc) is 2.83. The van der Waals surface area contributed by atoms with Crippen LogP contribution in [0.1, 0.15) is 31.4 Å². The molecule has 0 aromatic heterocycles. The Morgan fingerprint density at radius 2 is 1.77 bits per heavy atom. The molecule has 0 saturated heterocycles. The predicted octanol–water partition coefficient (Wildman–Crippen LogP) is 2.72. The Balaban J connectivity index is 2.48. The van der Waals surface area contributed by atoms with E-state index in [-0.39, 0.29) is 23.9 Å². The topological polar surface area (TPSA) is 105 Å². The summed E-state index contributed by atoms with van der Waals surface area (Å²) in [5.41, 5.74) is 1.99. The van der Waals surface area contributed by atoms with Crippen molar-refractivity contribution in [2.45, 2.75) is 39.8 Å². The van der Waals surface area contributed by atoms with Crippen LogP contribution in [-0.2, 0) is 26.2 Å². The lowest BCUT2D eigenvalue weighted by Crippen LogP contribution is -2.51. The molecule has 0 radical (unpaired) electrons. The van der Waals surface area contributed by atoms with Crippen LogP contribution in [0.4, 0.5) is 5.69 Å². The van der Waals surface area contributed by atoms with Gasteiger partial charge in [0.15, 0.2) is 0 Å². The number of benzene rings is 2. The molecule has 0 aliphatic rings. The maximum Gasteiger partial charge on any atom is 0.244 e. The van der Waals surface area contributed by atoms with E-state index in [9.17, 15) is 18.0 Å². The predicted molar refractivity (Wildman–Crippen MR) is 136 cm³/mol. The zero-order chi connectivity index (χ0) is 26.2. The van der Waals surface area contributed by atoms with Crippen molar-refractivity contribution >= 4 is 27.5 Å². The number of ether oxygens (including phenoxy) is 2. The van der Waals surface area contributed by atoms with E-state index in [0.717, 1.165) is 28.1 Å². The summed E-state index contributed by atoms with van der Waals surface area (Å²) in [6, 6.07) is 11.4. The molecule has 0 aliphatic carbocycles. The van der Waals surface area contributed by atoms with E-state index in [1.807, 2.05) is 38.1 Å². The minimum Gasteiger partial charge on any atom is -0.497 e. The number of carbonyl (C=O) groups is 2. The van der Waals surface area contributed by atoms with Crippen molar-refractivity contribution in [2.24, 2.45) is 0 Å². The highest BCUT2D eigenvalue weighted by molar-refractivity contribution is 7.92. The van der Waals surface area contributed by atoms with Gasteiger partial charge >= 0.3 is 0 Å². The van der Waals surface area contributed by atoms with E-state index < -0.39 is 28.5 Å². The highest BCUT2D eigenvalue weighted by Crippen LogP contribution is 2.34. The Hall–Kier alpha value is -3.27. The molecule has 9 nitrogen and oxygen atoms in total. The highest BCUT2D eigenvalue weighted by Gasteiger charge is 2.31. The Bertz CT molecular complexity index is 1140. The van der Waals surface area contributed by atoms with Crippen LogP contribution in [0.5, 0.6) is 11.5 Å². The summed E-state index contributed by atoms with van der Waals surface area (Å²) >= 11 is 0. The van der Waals surface area contributed by atoms with Gasteiger partial charge in [-0.1, -0.05) is 31.2 Å². The number of amides is 2. The minimum atomic E-state index is -3.90. The first-order chi connectivity index (χ1) is 16.5. The summed E-state index contributed by atoms with van der Waals surface area (Å²) in [7, 11) is -1.02. The highest BCUT2D eigenvalue weighted by atomic mass is 32.2. The van der Waals surface area contributed by atoms with Crippen molar-refractivity contribution in [2.75, 3.05) is 37.9 Å². The van der Waals surface area contributed by atoms with E-state index in [0.29, 0.717) is 12.3 Å². The number of nitrogens with zero attached hydrogens (tertiary/aromatic N) is 2. The van der Waals surface area contributed by atoms with E-state index >= 15 is 0 Å². The Kier molecular flexibility index (Phi) is 9.94. The van der Waals surface area contributed by atoms with E-state index in [4.69, 9.17) is 9.47 Å². The van der Waals surface area contributed by atoms with Crippen LogP contribution >= 0.6 is 0 Å². The molecule has 0 saturated carbocycles. The molecule has 0 spiro atoms. The lowest BCUT2D eigenvalue weighted by molar-refractivity contribution is -0.139. The number of methoxy groups -OCH3 is 2. The molecule has 2 aromatic carbocycles. The summed E-state index contributed by atoms with van der Waals surface area (Å²) in [6.07, 6.45) is 1.77. The molecule has 1 N–H and O–H groups in total. The molecular weight excluding hydrogens is 470 g/mol. The largest absolute Gasteiger partial charge is 0.497 e.